The first-order valence-electron chi connectivity index (χ1n) is 9.62. The fraction of sp³-hybridized carbons (Fsp3) is 0.227. The lowest BCUT2D eigenvalue weighted by atomic mass is 9.95. The number of nitrogens with zero attached hydrogens (tertiary/aromatic N) is 2. The van der Waals surface area contributed by atoms with Gasteiger partial charge in [0.15, 0.2) is 0 Å². The van der Waals surface area contributed by atoms with Crippen LogP contribution in [-0.4, -0.2) is 34.4 Å². The number of hydrogen-bond donors (Lipinski definition) is 1. The number of amides is 2. The van der Waals surface area contributed by atoms with Gasteiger partial charge in [0, 0.05) is 36.9 Å². The van der Waals surface area contributed by atoms with Crippen LogP contribution in [0.4, 0.5) is 4.39 Å². The molecule has 0 radical (unpaired) electrons. The lowest BCUT2D eigenvalue weighted by Gasteiger charge is -2.30. The molecule has 0 saturated heterocycles. The number of thiophene rings is 1. The third kappa shape index (κ3) is 3.66. The quantitative estimate of drug-likeness (QED) is 0.699. The maximum atomic E-state index is 13.4. The van der Waals surface area contributed by atoms with Crippen molar-refractivity contribution in [2.45, 2.75) is 19.9 Å². The maximum absolute atomic E-state index is 13.4. The summed E-state index contributed by atoms with van der Waals surface area (Å²) in [6.07, 6.45) is 2.07. The Bertz CT molecular complexity index is 1150. The third-order valence-corrected chi connectivity index (χ3v) is 5.81. The number of carbonyl (C=O) groups is 2. The predicted octanol–water partition coefficient (Wildman–Crippen LogP) is 2.99. The van der Waals surface area contributed by atoms with E-state index >= 15 is 0 Å². The monoisotopic (exact) mass is 425 g/mol. The smallest absolute Gasteiger partial charge is 0.268 e. The van der Waals surface area contributed by atoms with Crippen molar-refractivity contribution in [1.82, 2.24) is 14.8 Å². The highest BCUT2D eigenvalue weighted by Gasteiger charge is 2.28. The van der Waals surface area contributed by atoms with Crippen LogP contribution in [0.3, 0.4) is 0 Å². The maximum Gasteiger partial charge on any atom is 0.268 e. The Morgan fingerprint density at radius 2 is 1.97 bits per heavy atom. The molecule has 2 amide bonds. The molecule has 0 fully saturated rings. The molecule has 3 aromatic rings. The summed E-state index contributed by atoms with van der Waals surface area (Å²) in [7, 11) is 0. The van der Waals surface area contributed by atoms with Gasteiger partial charge in [-0.15, -0.1) is 0 Å². The van der Waals surface area contributed by atoms with Crippen LogP contribution in [0.15, 0.2) is 52.1 Å². The molecule has 8 heteroatoms. The van der Waals surface area contributed by atoms with Gasteiger partial charge in [0.25, 0.3) is 17.4 Å². The topological polar surface area (TPSA) is 71.4 Å². The Labute approximate surface area is 176 Å². The second kappa shape index (κ2) is 8.23. The van der Waals surface area contributed by atoms with E-state index in [0.29, 0.717) is 36.3 Å². The molecule has 0 atom stereocenters. The first-order chi connectivity index (χ1) is 14.5. The molecule has 4 rings (SSSR count). The number of hydrogen-bond acceptors (Lipinski definition) is 4. The van der Waals surface area contributed by atoms with Crippen molar-refractivity contribution in [3.05, 3.63) is 85.7 Å². The molecule has 1 aliphatic rings. The van der Waals surface area contributed by atoms with E-state index in [0.717, 1.165) is 5.56 Å². The van der Waals surface area contributed by atoms with Crippen LogP contribution in [0.25, 0.3) is 5.69 Å². The van der Waals surface area contributed by atoms with Gasteiger partial charge in [0.05, 0.1) is 5.56 Å². The van der Waals surface area contributed by atoms with Gasteiger partial charge >= 0.3 is 0 Å². The number of pyridine rings is 1. The molecule has 0 unspecified atom stereocenters. The Hall–Kier alpha value is -3.26. The highest BCUT2D eigenvalue weighted by molar-refractivity contribution is 7.08. The Morgan fingerprint density at radius 3 is 2.63 bits per heavy atom. The minimum Gasteiger partial charge on any atom is -0.352 e. The minimum absolute atomic E-state index is 0.0824. The van der Waals surface area contributed by atoms with Crippen molar-refractivity contribution in [3.63, 3.8) is 0 Å². The molecular weight excluding hydrogens is 405 g/mol. The van der Waals surface area contributed by atoms with Gasteiger partial charge in [0.2, 0.25) is 0 Å². The Balaban J connectivity index is 1.81. The molecule has 154 valence electrons. The van der Waals surface area contributed by atoms with Gasteiger partial charge in [-0.25, -0.2) is 4.39 Å². The van der Waals surface area contributed by atoms with Gasteiger partial charge in [-0.1, -0.05) is 0 Å². The van der Waals surface area contributed by atoms with Crippen molar-refractivity contribution in [3.8, 4) is 5.69 Å². The van der Waals surface area contributed by atoms with Crippen LogP contribution in [0, 0.1) is 5.82 Å². The zero-order valence-electron chi connectivity index (χ0n) is 16.4. The second-order valence-corrected chi connectivity index (χ2v) is 7.79. The average Bonchev–Trinajstić information content (AvgIpc) is 3.28. The molecule has 0 bridgehead atoms. The molecule has 30 heavy (non-hydrogen) atoms. The van der Waals surface area contributed by atoms with E-state index in [1.807, 2.05) is 5.38 Å². The zero-order chi connectivity index (χ0) is 21.3. The molecule has 1 aromatic carbocycles. The number of benzene rings is 1. The fourth-order valence-electron chi connectivity index (χ4n) is 3.67. The average molecular weight is 425 g/mol. The summed E-state index contributed by atoms with van der Waals surface area (Å²) >= 11 is 1.46. The number of carbonyl (C=O) groups excluding carboxylic acids is 2. The highest BCUT2D eigenvalue weighted by Crippen LogP contribution is 2.24. The standard InChI is InChI=1S/C22H20FN3O3S/c1-2-24-20(27)19-18-7-9-25(21(28)14-8-10-30-13-14)11-15(18)12-26(22(19)29)17-5-3-16(23)4-6-17/h3-6,8,10,12-13H,2,7,9,11H2,1H3,(H,24,27). The van der Waals surface area contributed by atoms with E-state index in [1.54, 1.807) is 29.5 Å². The molecule has 0 saturated carbocycles. The van der Waals surface area contributed by atoms with Crippen molar-refractivity contribution < 1.29 is 14.0 Å². The van der Waals surface area contributed by atoms with Crippen LogP contribution < -0.4 is 10.9 Å². The van der Waals surface area contributed by atoms with E-state index in [2.05, 4.69) is 5.32 Å². The molecular formula is C22H20FN3O3S. The second-order valence-electron chi connectivity index (χ2n) is 7.01. The van der Waals surface area contributed by atoms with Crippen molar-refractivity contribution in [2.24, 2.45) is 0 Å². The molecule has 2 aromatic heterocycles. The van der Waals surface area contributed by atoms with Gasteiger partial charge < -0.3 is 10.2 Å². The van der Waals surface area contributed by atoms with Gasteiger partial charge in [-0.3, -0.25) is 19.0 Å². The summed E-state index contributed by atoms with van der Waals surface area (Å²) < 4.78 is 14.7. The normalized spacial score (nSPS) is 13.1. The molecule has 6 nitrogen and oxygen atoms in total. The molecule has 1 aliphatic heterocycles. The van der Waals surface area contributed by atoms with E-state index < -0.39 is 17.3 Å². The van der Waals surface area contributed by atoms with E-state index in [9.17, 15) is 18.8 Å². The minimum atomic E-state index is -0.455. The molecule has 0 aliphatic carbocycles. The van der Waals surface area contributed by atoms with Crippen LogP contribution in [-0.2, 0) is 13.0 Å². The van der Waals surface area contributed by atoms with Crippen molar-refractivity contribution >= 4 is 23.2 Å². The Kier molecular flexibility index (Phi) is 5.50. The summed E-state index contributed by atoms with van der Waals surface area (Å²) in [4.78, 5) is 40.4. The number of halogens is 1. The molecule has 1 N–H and O–H groups in total. The van der Waals surface area contributed by atoms with E-state index in [-0.39, 0.29) is 18.0 Å². The number of fused-ring (bicyclic) bond motifs is 1. The zero-order valence-corrected chi connectivity index (χ0v) is 17.2. The lowest BCUT2D eigenvalue weighted by molar-refractivity contribution is 0.0734. The van der Waals surface area contributed by atoms with Crippen LogP contribution in [0.1, 0.15) is 38.8 Å². The van der Waals surface area contributed by atoms with Gasteiger partial charge in [-0.05, 0) is 60.2 Å². The highest BCUT2D eigenvalue weighted by atomic mass is 32.1. The van der Waals surface area contributed by atoms with Crippen LogP contribution in [0.5, 0.6) is 0 Å². The number of nitrogens with one attached hydrogen (secondary N) is 1. The predicted molar refractivity (Wildman–Crippen MR) is 113 cm³/mol. The van der Waals surface area contributed by atoms with E-state index in [1.165, 1.54) is 40.2 Å². The summed E-state index contributed by atoms with van der Waals surface area (Å²) in [5.74, 6) is -0.935. The van der Waals surface area contributed by atoms with E-state index in [4.69, 9.17) is 0 Å². The summed E-state index contributed by atoms with van der Waals surface area (Å²) in [5, 5.41) is 6.36. The lowest BCUT2D eigenvalue weighted by Crippen LogP contribution is -2.41. The van der Waals surface area contributed by atoms with Crippen LogP contribution in [0.2, 0.25) is 0 Å². The first kappa shape index (κ1) is 20.0. The SMILES string of the molecule is CCNC(=O)c1c2c(cn(-c3ccc(F)cc3)c1=O)CN(C(=O)c1ccsc1)CC2. The van der Waals surface area contributed by atoms with Gasteiger partial charge in [0.1, 0.15) is 11.4 Å². The van der Waals surface area contributed by atoms with Crippen molar-refractivity contribution in [2.75, 3.05) is 13.1 Å². The molecule has 0 spiro atoms. The third-order valence-electron chi connectivity index (χ3n) is 5.12. The largest absolute Gasteiger partial charge is 0.352 e. The number of rotatable bonds is 4. The number of aromatic nitrogens is 1. The summed E-state index contributed by atoms with van der Waals surface area (Å²) in [6.45, 7) is 2.89. The molecule has 3 heterocycles. The first-order valence-corrected chi connectivity index (χ1v) is 10.6. The fourth-order valence-corrected chi connectivity index (χ4v) is 4.30. The van der Waals surface area contributed by atoms with Gasteiger partial charge in [-0.2, -0.15) is 11.3 Å². The Morgan fingerprint density at radius 1 is 1.20 bits per heavy atom. The van der Waals surface area contributed by atoms with Crippen molar-refractivity contribution in [1.29, 1.82) is 0 Å². The van der Waals surface area contributed by atoms with Crippen LogP contribution >= 0.6 is 11.3 Å². The summed E-state index contributed by atoms with van der Waals surface area (Å²) in [6, 6.07) is 7.28. The summed E-state index contributed by atoms with van der Waals surface area (Å²) in [5.41, 5.74) is 2.11.